The SMILES string of the molecule is CN(N)/C(COC(=O)N(C)C1CCCC1)=C(\N)c1cnc(OC2CCCCC2)cn1. The van der Waals surface area contributed by atoms with Crippen LogP contribution in [-0.4, -0.2) is 58.8 Å². The highest BCUT2D eigenvalue weighted by atomic mass is 16.6. The van der Waals surface area contributed by atoms with Crippen LogP contribution in [-0.2, 0) is 4.74 Å². The van der Waals surface area contributed by atoms with Crippen molar-refractivity contribution in [3.8, 4) is 5.88 Å². The first-order valence-corrected chi connectivity index (χ1v) is 10.8. The third-order valence-corrected chi connectivity index (χ3v) is 5.97. The average molecular weight is 419 g/mol. The third-order valence-electron chi connectivity index (χ3n) is 5.97. The van der Waals surface area contributed by atoms with Crippen LogP contribution >= 0.6 is 0 Å². The summed E-state index contributed by atoms with van der Waals surface area (Å²) >= 11 is 0. The summed E-state index contributed by atoms with van der Waals surface area (Å²) in [5.41, 5.74) is 7.50. The Hall–Kier alpha value is -2.55. The van der Waals surface area contributed by atoms with Crippen LogP contribution in [0.25, 0.3) is 5.70 Å². The Bertz CT molecular complexity index is 725. The van der Waals surface area contributed by atoms with Crippen LogP contribution in [0.3, 0.4) is 0 Å². The van der Waals surface area contributed by atoms with E-state index in [1.165, 1.54) is 24.3 Å². The topological polar surface area (TPSA) is 120 Å². The minimum atomic E-state index is -0.378. The molecule has 1 amide bonds. The zero-order valence-electron chi connectivity index (χ0n) is 18.0. The Kier molecular flexibility index (Phi) is 7.73. The molecule has 0 spiro atoms. The molecule has 0 aliphatic heterocycles. The molecule has 3 rings (SSSR count). The van der Waals surface area contributed by atoms with E-state index in [2.05, 4.69) is 9.97 Å². The van der Waals surface area contributed by atoms with Crippen LogP contribution in [0, 0.1) is 0 Å². The number of amides is 1. The van der Waals surface area contributed by atoms with Crippen molar-refractivity contribution in [1.82, 2.24) is 19.9 Å². The maximum atomic E-state index is 12.4. The summed E-state index contributed by atoms with van der Waals surface area (Å²) in [6.07, 6.45) is 13.0. The van der Waals surface area contributed by atoms with Gasteiger partial charge >= 0.3 is 6.09 Å². The number of carbonyl (C=O) groups excluding carboxylic acids is 1. The second-order valence-corrected chi connectivity index (χ2v) is 8.19. The highest BCUT2D eigenvalue weighted by Gasteiger charge is 2.25. The van der Waals surface area contributed by atoms with Gasteiger partial charge < -0.3 is 25.1 Å². The van der Waals surface area contributed by atoms with Gasteiger partial charge in [0.1, 0.15) is 18.4 Å². The normalized spacial score (nSPS) is 18.6. The quantitative estimate of drug-likeness (QED) is 0.512. The van der Waals surface area contributed by atoms with E-state index in [-0.39, 0.29) is 24.8 Å². The predicted molar refractivity (Wildman–Crippen MR) is 114 cm³/mol. The fraction of sp³-hybridized carbons (Fsp3) is 0.667. The molecule has 2 fully saturated rings. The molecule has 2 saturated carbocycles. The van der Waals surface area contributed by atoms with Gasteiger partial charge in [0, 0.05) is 20.1 Å². The lowest BCUT2D eigenvalue weighted by Gasteiger charge is -2.25. The number of nitrogens with two attached hydrogens (primary N) is 2. The van der Waals surface area contributed by atoms with Crippen molar-refractivity contribution in [2.45, 2.75) is 69.9 Å². The van der Waals surface area contributed by atoms with Crippen molar-refractivity contribution < 1.29 is 14.3 Å². The number of rotatable bonds is 7. The van der Waals surface area contributed by atoms with Crippen molar-refractivity contribution in [1.29, 1.82) is 0 Å². The first-order valence-electron chi connectivity index (χ1n) is 10.8. The average Bonchev–Trinajstić information content (AvgIpc) is 3.29. The Balaban J connectivity index is 1.62. The summed E-state index contributed by atoms with van der Waals surface area (Å²) in [4.78, 5) is 22.8. The van der Waals surface area contributed by atoms with Crippen LogP contribution in [0.5, 0.6) is 5.88 Å². The van der Waals surface area contributed by atoms with Crippen molar-refractivity contribution in [2.75, 3.05) is 20.7 Å². The monoisotopic (exact) mass is 418 g/mol. The number of likely N-dealkylation sites (N-methyl/N-ethyl adjacent to an activating group) is 1. The second-order valence-electron chi connectivity index (χ2n) is 8.19. The number of nitrogens with zero attached hydrogens (tertiary/aromatic N) is 4. The molecule has 9 heteroatoms. The first kappa shape index (κ1) is 22.1. The smallest absolute Gasteiger partial charge is 0.410 e. The maximum absolute atomic E-state index is 12.4. The number of hydrazine groups is 1. The van der Waals surface area contributed by atoms with Gasteiger partial charge in [-0.1, -0.05) is 19.3 Å². The molecule has 0 radical (unpaired) electrons. The van der Waals surface area contributed by atoms with E-state index >= 15 is 0 Å². The summed E-state index contributed by atoms with van der Waals surface area (Å²) in [5.74, 6) is 6.42. The molecule has 0 unspecified atom stereocenters. The van der Waals surface area contributed by atoms with Crippen molar-refractivity contribution in [3.05, 3.63) is 23.8 Å². The first-order chi connectivity index (χ1) is 14.5. The number of hydrogen-bond acceptors (Lipinski definition) is 8. The van der Waals surface area contributed by atoms with Gasteiger partial charge in [-0.05, 0) is 38.5 Å². The standard InChI is InChI=1S/C21H34N6O3/c1-26(15-8-6-7-9-15)21(28)29-14-18(27(2)23)20(22)17-12-25-19(13-24-17)30-16-10-4-3-5-11-16/h12-13,15-16H,3-11,14,22-23H2,1-2H3/b20-18-. The summed E-state index contributed by atoms with van der Waals surface area (Å²) in [7, 11) is 3.42. The van der Waals surface area contributed by atoms with Crippen LogP contribution in [0.15, 0.2) is 18.1 Å². The lowest BCUT2D eigenvalue weighted by atomic mass is 9.98. The molecule has 30 heavy (non-hydrogen) atoms. The number of ether oxygens (including phenoxy) is 2. The molecule has 2 aliphatic carbocycles. The molecule has 2 aliphatic rings. The predicted octanol–water partition coefficient (Wildman–Crippen LogP) is 2.63. The van der Waals surface area contributed by atoms with Crippen molar-refractivity contribution in [2.24, 2.45) is 11.6 Å². The van der Waals surface area contributed by atoms with Gasteiger partial charge in [0.25, 0.3) is 0 Å². The molecule has 1 aromatic heterocycles. The van der Waals surface area contributed by atoms with E-state index in [4.69, 9.17) is 21.1 Å². The van der Waals surface area contributed by atoms with E-state index in [0.29, 0.717) is 23.0 Å². The van der Waals surface area contributed by atoms with E-state index in [1.807, 2.05) is 0 Å². The molecule has 1 heterocycles. The fourth-order valence-corrected chi connectivity index (χ4v) is 4.06. The van der Waals surface area contributed by atoms with E-state index < -0.39 is 0 Å². The van der Waals surface area contributed by atoms with E-state index in [0.717, 1.165) is 38.5 Å². The molecule has 0 aromatic carbocycles. The number of carbonyl (C=O) groups is 1. The Labute approximate surface area is 178 Å². The van der Waals surface area contributed by atoms with Gasteiger partial charge in [0.15, 0.2) is 0 Å². The number of hydrogen-bond donors (Lipinski definition) is 2. The van der Waals surface area contributed by atoms with Crippen molar-refractivity contribution >= 4 is 11.8 Å². The van der Waals surface area contributed by atoms with Crippen LogP contribution in [0.2, 0.25) is 0 Å². The zero-order chi connectivity index (χ0) is 21.5. The summed E-state index contributed by atoms with van der Waals surface area (Å²) in [5, 5.41) is 1.34. The number of aromatic nitrogens is 2. The molecule has 0 atom stereocenters. The minimum absolute atomic E-state index is 0.0449. The molecule has 4 N–H and O–H groups in total. The Morgan fingerprint density at radius 3 is 2.33 bits per heavy atom. The molecule has 1 aromatic rings. The van der Waals surface area contributed by atoms with E-state index in [9.17, 15) is 4.79 Å². The highest BCUT2D eigenvalue weighted by Crippen LogP contribution is 2.24. The molecule has 0 saturated heterocycles. The van der Waals surface area contributed by atoms with Gasteiger partial charge in [0.05, 0.1) is 23.8 Å². The summed E-state index contributed by atoms with van der Waals surface area (Å²) in [6.45, 7) is -0.0449. The summed E-state index contributed by atoms with van der Waals surface area (Å²) < 4.78 is 11.4. The second kappa shape index (κ2) is 10.5. The highest BCUT2D eigenvalue weighted by molar-refractivity contribution is 5.69. The maximum Gasteiger partial charge on any atom is 0.410 e. The molecule has 9 nitrogen and oxygen atoms in total. The molecular weight excluding hydrogens is 384 g/mol. The molecular formula is C21H34N6O3. The van der Waals surface area contributed by atoms with Crippen LogP contribution in [0.4, 0.5) is 4.79 Å². The van der Waals surface area contributed by atoms with Crippen molar-refractivity contribution in [3.63, 3.8) is 0 Å². The third kappa shape index (κ3) is 5.75. The minimum Gasteiger partial charge on any atom is -0.473 e. The zero-order valence-corrected chi connectivity index (χ0v) is 18.0. The lowest BCUT2D eigenvalue weighted by Crippen LogP contribution is -2.37. The van der Waals surface area contributed by atoms with Crippen LogP contribution < -0.4 is 16.3 Å². The molecule has 166 valence electrons. The van der Waals surface area contributed by atoms with Gasteiger partial charge in [0.2, 0.25) is 5.88 Å². The fourth-order valence-electron chi connectivity index (χ4n) is 4.06. The van der Waals surface area contributed by atoms with E-state index in [1.54, 1.807) is 31.4 Å². The lowest BCUT2D eigenvalue weighted by molar-refractivity contribution is 0.0999. The Morgan fingerprint density at radius 2 is 1.73 bits per heavy atom. The van der Waals surface area contributed by atoms with Gasteiger partial charge in [-0.25, -0.2) is 20.6 Å². The largest absolute Gasteiger partial charge is 0.473 e. The van der Waals surface area contributed by atoms with Gasteiger partial charge in [-0.2, -0.15) is 0 Å². The molecule has 0 bridgehead atoms. The van der Waals surface area contributed by atoms with Gasteiger partial charge in [-0.3, -0.25) is 0 Å². The van der Waals surface area contributed by atoms with Gasteiger partial charge in [-0.15, -0.1) is 0 Å². The Morgan fingerprint density at radius 1 is 1.07 bits per heavy atom. The van der Waals surface area contributed by atoms with Crippen LogP contribution in [0.1, 0.15) is 63.5 Å². The summed E-state index contributed by atoms with van der Waals surface area (Å²) in [6, 6.07) is 0.237.